The smallest absolute Gasteiger partial charge is 0.237 e. The largest absolute Gasteiger partial charge is 0.454 e. The van der Waals surface area contributed by atoms with Crippen molar-refractivity contribution in [3.63, 3.8) is 0 Å². The standard InChI is InChI=1S/C20H20ClN3O4S/c1-12(19(25)22-14-4-6-17-18(10-14)28-11-27-17)29-20-23-15-9-13(21)3-5-16(15)24(20)7-8-26-2/h3-6,9-10,12H,7-8,11H2,1-2H3,(H,22,25). The summed E-state index contributed by atoms with van der Waals surface area (Å²) in [6, 6.07) is 10.9. The molecule has 2 aromatic carbocycles. The molecule has 1 aliphatic rings. The molecule has 2 heterocycles. The van der Waals surface area contributed by atoms with E-state index in [-0.39, 0.29) is 18.0 Å². The van der Waals surface area contributed by atoms with Crippen LogP contribution in [0.4, 0.5) is 5.69 Å². The van der Waals surface area contributed by atoms with E-state index in [2.05, 4.69) is 10.3 Å². The fourth-order valence-electron chi connectivity index (χ4n) is 3.00. The maximum atomic E-state index is 12.7. The molecule has 1 amide bonds. The minimum Gasteiger partial charge on any atom is -0.454 e. The molecule has 1 N–H and O–H groups in total. The first kappa shape index (κ1) is 19.9. The lowest BCUT2D eigenvalue weighted by Gasteiger charge is -2.13. The Kier molecular flexibility index (Phi) is 5.84. The van der Waals surface area contributed by atoms with E-state index in [1.54, 1.807) is 25.3 Å². The number of carbonyl (C=O) groups excluding carboxylic acids is 1. The molecule has 0 saturated carbocycles. The van der Waals surface area contributed by atoms with Gasteiger partial charge in [-0.1, -0.05) is 23.4 Å². The van der Waals surface area contributed by atoms with Gasteiger partial charge in [0.15, 0.2) is 16.7 Å². The highest BCUT2D eigenvalue weighted by Gasteiger charge is 2.21. The van der Waals surface area contributed by atoms with Gasteiger partial charge in [-0.25, -0.2) is 4.98 Å². The van der Waals surface area contributed by atoms with E-state index in [1.165, 1.54) is 11.8 Å². The van der Waals surface area contributed by atoms with Gasteiger partial charge in [0.2, 0.25) is 12.7 Å². The number of amides is 1. The fraction of sp³-hybridized carbons (Fsp3) is 0.300. The molecule has 1 unspecified atom stereocenters. The molecule has 4 rings (SSSR count). The van der Waals surface area contributed by atoms with Gasteiger partial charge in [-0.3, -0.25) is 4.79 Å². The molecule has 0 aliphatic carbocycles. The zero-order chi connectivity index (χ0) is 20.4. The Hall–Kier alpha value is -2.42. The lowest BCUT2D eigenvalue weighted by molar-refractivity contribution is -0.115. The van der Waals surface area contributed by atoms with Crippen LogP contribution in [0.1, 0.15) is 6.92 Å². The molecule has 0 radical (unpaired) electrons. The molecule has 29 heavy (non-hydrogen) atoms. The van der Waals surface area contributed by atoms with Crippen LogP contribution < -0.4 is 14.8 Å². The summed E-state index contributed by atoms with van der Waals surface area (Å²) in [5.74, 6) is 1.18. The van der Waals surface area contributed by atoms with Gasteiger partial charge in [0, 0.05) is 30.4 Å². The Balaban J connectivity index is 1.51. The number of thioether (sulfide) groups is 1. The highest BCUT2D eigenvalue weighted by atomic mass is 35.5. The van der Waals surface area contributed by atoms with Gasteiger partial charge in [-0.05, 0) is 37.3 Å². The van der Waals surface area contributed by atoms with E-state index < -0.39 is 0 Å². The zero-order valence-electron chi connectivity index (χ0n) is 16.0. The Labute approximate surface area is 177 Å². The Morgan fingerprint density at radius 2 is 2.14 bits per heavy atom. The summed E-state index contributed by atoms with van der Waals surface area (Å²) in [5.41, 5.74) is 2.41. The zero-order valence-corrected chi connectivity index (χ0v) is 17.5. The number of nitrogens with one attached hydrogen (secondary N) is 1. The summed E-state index contributed by atoms with van der Waals surface area (Å²) in [6.07, 6.45) is 0. The summed E-state index contributed by atoms with van der Waals surface area (Å²) in [7, 11) is 1.66. The van der Waals surface area contributed by atoms with E-state index in [9.17, 15) is 4.79 Å². The monoisotopic (exact) mass is 433 g/mol. The van der Waals surface area contributed by atoms with Gasteiger partial charge >= 0.3 is 0 Å². The number of fused-ring (bicyclic) bond motifs is 2. The molecule has 7 nitrogen and oxygen atoms in total. The fourth-order valence-corrected chi connectivity index (χ4v) is 4.12. The number of hydrogen-bond donors (Lipinski definition) is 1. The first-order chi connectivity index (χ1) is 14.0. The lowest BCUT2D eigenvalue weighted by Crippen LogP contribution is -2.23. The predicted molar refractivity (Wildman–Crippen MR) is 113 cm³/mol. The number of imidazole rings is 1. The third-order valence-corrected chi connectivity index (χ3v) is 5.81. The number of ether oxygens (including phenoxy) is 3. The molecular weight excluding hydrogens is 414 g/mol. The summed E-state index contributed by atoms with van der Waals surface area (Å²) in [6.45, 7) is 3.22. The number of anilines is 1. The van der Waals surface area contributed by atoms with Crippen molar-refractivity contribution in [1.82, 2.24) is 9.55 Å². The average Bonchev–Trinajstić information content (AvgIpc) is 3.29. The van der Waals surface area contributed by atoms with Crippen molar-refractivity contribution in [3.05, 3.63) is 41.4 Å². The van der Waals surface area contributed by atoms with Crippen LogP contribution in [-0.2, 0) is 16.1 Å². The third-order valence-electron chi connectivity index (χ3n) is 4.49. The molecule has 0 saturated heterocycles. The number of carbonyl (C=O) groups is 1. The molecule has 152 valence electrons. The summed E-state index contributed by atoms with van der Waals surface area (Å²) in [5, 5.41) is 3.92. The van der Waals surface area contributed by atoms with Crippen LogP contribution in [0, 0.1) is 0 Å². The minimum atomic E-state index is -0.367. The highest BCUT2D eigenvalue weighted by molar-refractivity contribution is 8.00. The molecule has 0 fully saturated rings. The topological polar surface area (TPSA) is 74.6 Å². The van der Waals surface area contributed by atoms with Crippen molar-refractivity contribution < 1.29 is 19.0 Å². The number of benzene rings is 2. The molecule has 1 aliphatic heterocycles. The van der Waals surface area contributed by atoms with E-state index in [0.29, 0.717) is 35.4 Å². The SMILES string of the molecule is COCCn1c(SC(C)C(=O)Nc2ccc3c(c2)OCO3)nc2cc(Cl)ccc21. The number of rotatable bonds is 7. The number of hydrogen-bond acceptors (Lipinski definition) is 6. The van der Waals surface area contributed by atoms with Gasteiger partial charge in [0.1, 0.15) is 0 Å². The molecule has 0 bridgehead atoms. The molecule has 0 spiro atoms. The average molecular weight is 434 g/mol. The van der Waals surface area contributed by atoms with Gasteiger partial charge in [-0.15, -0.1) is 0 Å². The Bertz CT molecular complexity index is 1060. The van der Waals surface area contributed by atoms with Crippen molar-refractivity contribution in [2.75, 3.05) is 25.8 Å². The van der Waals surface area contributed by atoms with Crippen LogP contribution in [-0.4, -0.2) is 41.2 Å². The summed E-state index contributed by atoms with van der Waals surface area (Å²) < 4.78 is 17.9. The van der Waals surface area contributed by atoms with Crippen molar-refractivity contribution in [2.45, 2.75) is 23.9 Å². The molecule has 9 heteroatoms. The van der Waals surface area contributed by atoms with Crippen LogP contribution in [0.15, 0.2) is 41.6 Å². The van der Waals surface area contributed by atoms with Gasteiger partial charge in [-0.2, -0.15) is 0 Å². The highest BCUT2D eigenvalue weighted by Crippen LogP contribution is 2.35. The molecule has 1 atom stereocenters. The summed E-state index contributed by atoms with van der Waals surface area (Å²) >= 11 is 7.50. The van der Waals surface area contributed by atoms with Gasteiger partial charge < -0.3 is 24.1 Å². The van der Waals surface area contributed by atoms with Crippen molar-refractivity contribution in [1.29, 1.82) is 0 Å². The number of aromatic nitrogens is 2. The second-order valence-electron chi connectivity index (χ2n) is 6.49. The van der Waals surface area contributed by atoms with Gasteiger partial charge in [0.25, 0.3) is 0 Å². The van der Waals surface area contributed by atoms with Crippen molar-refractivity contribution >= 4 is 46.0 Å². The van der Waals surface area contributed by atoms with Crippen LogP contribution in [0.3, 0.4) is 0 Å². The number of methoxy groups -OCH3 is 1. The van der Waals surface area contributed by atoms with Crippen molar-refractivity contribution in [2.24, 2.45) is 0 Å². The first-order valence-corrected chi connectivity index (χ1v) is 10.3. The third kappa shape index (κ3) is 4.29. The van der Waals surface area contributed by atoms with E-state index in [4.69, 9.17) is 25.8 Å². The van der Waals surface area contributed by atoms with E-state index in [1.807, 2.05) is 29.7 Å². The van der Waals surface area contributed by atoms with E-state index in [0.717, 1.165) is 16.2 Å². The first-order valence-electron chi connectivity index (χ1n) is 9.07. The molecular formula is C20H20ClN3O4S. The van der Waals surface area contributed by atoms with Gasteiger partial charge in [0.05, 0.1) is 22.9 Å². The number of nitrogens with zero attached hydrogens (tertiary/aromatic N) is 2. The second kappa shape index (κ2) is 8.52. The summed E-state index contributed by atoms with van der Waals surface area (Å²) in [4.78, 5) is 17.4. The van der Waals surface area contributed by atoms with Crippen LogP contribution >= 0.6 is 23.4 Å². The maximum absolute atomic E-state index is 12.7. The van der Waals surface area contributed by atoms with Crippen molar-refractivity contribution in [3.8, 4) is 11.5 Å². The van der Waals surface area contributed by atoms with Crippen LogP contribution in [0.5, 0.6) is 11.5 Å². The quantitative estimate of drug-likeness (QED) is 0.563. The normalized spacial score (nSPS) is 13.6. The van der Waals surface area contributed by atoms with Crippen LogP contribution in [0.2, 0.25) is 5.02 Å². The molecule has 3 aromatic rings. The Morgan fingerprint density at radius 1 is 1.31 bits per heavy atom. The Morgan fingerprint density at radius 3 is 2.97 bits per heavy atom. The predicted octanol–water partition coefficient (Wildman–Crippen LogP) is 4.18. The minimum absolute atomic E-state index is 0.128. The van der Waals surface area contributed by atoms with E-state index >= 15 is 0 Å². The second-order valence-corrected chi connectivity index (χ2v) is 8.23. The van der Waals surface area contributed by atoms with Crippen LogP contribution in [0.25, 0.3) is 11.0 Å². The lowest BCUT2D eigenvalue weighted by atomic mass is 10.2. The maximum Gasteiger partial charge on any atom is 0.237 e. The molecule has 1 aromatic heterocycles. The number of halogens is 1.